The minimum absolute atomic E-state index is 0.0815. The predicted molar refractivity (Wildman–Crippen MR) is 108 cm³/mol. The molecule has 4 rings (SSSR count). The summed E-state index contributed by atoms with van der Waals surface area (Å²) in [6, 6.07) is 19.7. The molecular weight excluding hydrogens is 353 g/mol. The monoisotopic (exact) mass is 371 g/mol. The first kappa shape index (κ1) is 17.8. The van der Waals surface area contributed by atoms with E-state index in [1.54, 1.807) is 0 Å². The number of aryl methyl sites for hydroxylation is 1. The average Bonchev–Trinajstić information content (AvgIpc) is 2.74. The number of fused-ring (bicyclic) bond motifs is 1. The van der Waals surface area contributed by atoms with Crippen molar-refractivity contribution >= 4 is 16.8 Å². The van der Waals surface area contributed by atoms with Gasteiger partial charge in [-0.1, -0.05) is 61.5 Å². The summed E-state index contributed by atoms with van der Waals surface area (Å²) in [5, 5.41) is 0.510. The molecular formula is C23H18FN3O. The number of aromatic nitrogens is 2. The maximum absolute atomic E-state index is 14.8. The number of nitrogens with zero attached hydrogens (tertiary/aromatic N) is 2. The summed E-state index contributed by atoms with van der Waals surface area (Å²) in [7, 11) is 0. The third-order valence-corrected chi connectivity index (χ3v) is 4.75. The van der Waals surface area contributed by atoms with Gasteiger partial charge in [0.15, 0.2) is 11.5 Å². The van der Waals surface area contributed by atoms with Gasteiger partial charge in [-0.15, -0.1) is 0 Å². The zero-order valence-corrected chi connectivity index (χ0v) is 15.3. The molecule has 0 unspecified atom stereocenters. The molecule has 5 heteroatoms. The number of benzene rings is 2. The molecule has 28 heavy (non-hydrogen) atoms. The second-order valence-electron chi connectivity index (χ2n) is 6.52. The molecule has 138 valence electrons. The summed E-state index contributed by atoms with van der Waals surface area (Å²) in [6.45, 7) is 2.09. The van der Waals surface area contributed by atoms with Crippen LogP contribution in [-0.2, 0) is 6.42 Å². The van der Waals surface area contributed by atoms with Gasteiger partial charge in [0.25, 0.3) is 5.91 Å². The average molecular weight is 371 g/mol. The molecule has 4 nitrogen and oxygen atoms in total. The second kappa shape index (κ2) is 7.19. The Morgan fingerprint density at radius 1 is 1.04 bits per heavy atom. The van der Waals surface area contributed by atoms with E-state index in [9.17, 15) is 9.18 Å². The number of halogens is 1. The Morgan fingerprint density at radius 3 is 2.39 bits per heavy atom. The van der Waals surface area contributed by atoms with Gasteiger partial charge < -0.3 is 5.73 Å². The Labute approximate surface area is 161 Å². The fourth-order valence-corrected chi connectivity index (χ4v) is 3.23. The van der Waals surface area contributed by atoms with Gasteiger partial charge >= 0.3 is 0 Å². The van der Waals surface area contributed by atoms with E-state index >= 15 is 0 Å². The zero-order valence-electron chi connectivity index (χ0n) is 15.3. The topological polar surface area (TPSA) is 68.9 Å². The lowest BCUT2D eigenvalue weighted by Crippen LogP contribution is -2.15. The van der Waals surface area contributed by atoms with E-state index in [2.05, 4.69) is 16.9 Å². The highest BCUT2D eigenvalue weighted by atomic mass is 19.1. The Morgan fingerprint density at radius 2 is 1.75 bits per heavy atom. The third kappa shape index (κ3) is 3.11. The first-order valence-electron chi connectivity index (χ1n) is 9.02. The molecule has 0 spiro atoms. The van der Waals surface area contributed by atoms with E-state index < -0.39 is 17.4 Å². The van der Waals surface area contributed by atoms with Gasteiger partial charge in [0.05, 0.1) is 5.69 Å². The SMILES string of the molecule is CCc1ccc(-c2nc3c(F)c(C(N)=O)ncc3cc2-c2ccccc2)cc1. The highest BCUT2D eigenvalue weighted by Crippen LogP contribution is 2.34. The number of carbonyl (C=O) groups excluding carboxylic acids is 1. The largest absolute Gasteiger partial charge is 0.364 e. The van der Waals surface area contributed by atoms with Crippen molar-refractivity contribution in [2.24, 2.45) is 5.73 Å². The molecule has 2 N–H and O–H groups in total. The number of nitrogens with two attached hydrogens (primary N) is 1. The molecule has 0 aliphatic heterocycles. The number of hydrogen-bond acceptors (Lipinski definition) is 3. The van der Waals surface area contributed by atoms with E-state index in [-0.39, 0.29) is 5.52 Å². The van der Waals surface area contributed by atoms with Crippen molar-refractivity contribution in [1.82, 2.24) is 9.97 Å². The van der Waals surface area contributed by atoms with Crippen LogP contribution in [0.1, 0.15) is 23.0 Å². The maximum atomic E-state index is 14.8. The predicted octanol–water partition coefficient (Wildman–Crippen LogP) is 4.76. The van der Waals surface area contributed by atoms with Gasteiger partial charge in [0.2, 0.25) is 0 Å². The van der Waals surface area contributed by atoms with Crippen LogP contribution in [0.4, 0.5) is 4.39 Å². The van der Waals surface area contributed by atoms with Crippen LogP contribution in [0, 0.1) is 5.82 Å². The first-order chi connectivity index (χ1) is 13.6. The Hall–Kier alpha value is -3.60. The van der Waals surface area contributed by atoms with Crippen LogP contribution in [0.3, 0.4) is 0 Å². The van der Waals surface area contributed by atoms with Crippen molar-refractivity contribution < 1.29 is 9.18 Å². The fourth-order valence-electron chi connectivity index (χ4n) is 3.23. The number of amides is 1. The summed E-state index contributed by atoms with van der Waals surface area (Å²) in [5.41, 5.74) is 9.46. The summed E-state index contributed by atoms with van der Waals surface area (Å²) < 4.78 is 14.8. The minimum atomic E-state index is -0.915. The molecule has 0 aliphatic carbocycles. The van der Waals surface area contributed by atoms with Crippen LogP contribution in [0.25, 0.3) is 33.3 Å². The molecule has 0 bridgehead atoms. The maximum Gasteiger partial charge on any atom is 0.270 e. The van der Waals surface area contributed by atoms with Gasteiger partial charge in [-0.2, -0.15) is 0 Å². The number of carbonyl (C=O) groups is 1. The highest BCUT2D eigenvalue weighted by Gasteiger charge is 2.18. The molecule has 0 aliphatic rings. The second-order valence-corrected chi connectivity index (χ2v) is 6.52. The van der Waals surface area contributed by atoms with Gasteiger partial charge in [-0.05, 0) is 23.6 Å². The quantitative estimate of drug-likeness (QED) is 0.562. The van der Waals surface area contributed by atoms with Crippen molar-refractivity contribution in [2.75, 3.05) is 0 Å². The van der Waals surface area contributed by atoms with Gasteiger partial charge in [0.1, 0.15) is 5.52 Å². The smallest absolute Gasteiger partial charge is 0.270 e. The Bertz CT molecular complexity index is 1170. The number of rotatable bonds is 4. The van der Waals surface area contributed by atoms with Crippen LogP contribution in [0.2, 0.25) is 0 Å². The van der Waals surface area contributed by atoms with Gasteiger partial charge in [-0.3, -0.25) is 4.79 Å². The number of pyridine rings is 2. The van der Waals surface area contributed by atoms with Crippen LogP contribution < -0.4 is 5.73 Å². The summed E-state index contributed by atoms with van der Waals surface area (Å²) in [5.74, 6) is -1.71. The molecule has 1 amide bonds. The number of primary amides is 1. The zero-order chi connectivity index (χ0) is 19.7. The van der Waals surface area contributed by atoms with E-state index in [4.69, 9.17) is 5.73 Å². The lowest BCUT2D eigenvalue weighted by Gasteiger charge is -2.13. The first-order valence-corrected chi connectivity index (χ1v) is 9.02. The van der Waals surface area contributed by atoms with Crippen LogP contribution in [-0.4, -0.2) is 15.9 Å². The molecule has 0 saturated carbocycles. The lowest BCUT2D eigenvalue weighted by molar-refractivity contribution is 0.0991. The summed E-state index contributed by atoms with van der Waals surface area (Å²) in [6.07, 6.45) is 2.36. The molecule has 0 atom stereocenters. The van der Waals surface area contributed by atoms with Crippen LogP contribution in [0.15, 0.2) is 66.9 Å². The Balaban J connectivity index is 2.02. The molecule has 4 aromatic rings. The summed E-state index contributed by atoms with van der Waals surface area (Å²) >= 11 is 0. The molecule has 2 heterocycles. The Kier molecular flexibility index (Phi) is 4.57. The minimum Gasteiger partial charge on any atom is -0.364 e. The molecule has 0 saturated heterocycles. The summed E-state index contributed by atoms with van der Waals surface area (Å²) in [4.78, 5) is 19.9. The van der Waals surface area contributed by atoms with Gasteiger partial charge in [-0.25, -0.2) is 14.4 Å². The lowest BCUT2D eigenvalue weighted by atomic mass is 9.97. The van der Waals surface area contributed by atoms with Crippen LogP contribution in [0.5, 0.6) is 0 Å². The van der Waals surface area contributed by atoms with E-state index in [0.29, 0.717) is 11.1 Å². The molecule has 2 aromatic heterocycles. The van der Waals surface area contributed by atoms with Crippen molar-refractivity contribution in [2.45, 2.75) is 13.3 Å². The fraction of sp³-hybridized carbons (Fsp3) is 0.0870. The highest BCUT2D eigenvalue weighted by molar-refractivity contribution is 5.97. The number of hydrogen-bond donors (Lipinski definition) is 1. The van der Waals surface area contributed by atoms with Crippen LogP contribution >= 0.6 is 0 Å². The normalized spacial score (nSPS) is 10.9. The van der Waals surface area contributed by atoms with Crippen molar-refractivity contribution in [1.29, 1.82) is 0 Å². The van der Waals surface area contributed by atoms with Crippen molar-refractivity contribution in [3.8, 4) is 22.4 Å². The molecule has 0 fully saturated rings. The van der Waals surface area contributed by atoms with Crippen molar-refractivity contribution in [3.05, 3.63) is 83.9 Å². The van der Waals surface area contributed by atoms with Crippen molar-refractivity contribution in [3.63, 3.8) is 0 Å². The molecule has 0 radical (unpaired) electrons. The van der Waals surface area contributed by atoms with E-state index in [0.717, 1.165) is 23.1 Å². The third-order valence-electron chi connectivity index (χ3n) is 4.75. The standard InChI is InChI=1S/C23H18FN3O/c1-2-14-8-10-16(11-9-14)20-18(15-6-4-3-5-7-15)12-17-13-26-22(23(25)28)19(24)21(17)27-20/h3-13H,2H2,1H3,(H2,25,28). The van der Waals surface area contributed by atoms with E-state index in [1.807, 2.05) is 60.7 Å². The van der Waals surface area contributed by atoms with E-state index in [1.165, 1.54) is 11.8 Å². The van der Waals surface area contributed by atoms with Gasteiger partial charge in [0, 0.05) is 22.7 Å². The molecule has 2 aromatic carbocycles.